The first-order chi connectivity index (χ1) is 15.5. The number of halogens is 2. The molecule has 4 rings (SSSR count). The third-order valence-corrected chi connectivity index (χ3v) is 8.48. The summed E-state index contributed by atoms with van der Waals surface area (Å²) in [4.78, 5) is 12.4. The number of hydrogen-bond acceptors (Lipinski definition) is 2. The normalized spacial score (nSPS) is 26.0. The summed E-state index contributed by atoms with van der Waals surface area (Å²) in [5.41, 5.74) is 1.76. The highest BCUT2D eigenvalue weighted by Gasteiger charge is 2.31. The van der Waals surface area contributed by atoms with Crippen molar-refractivity contribution < 1.29 is 9.53 Å². The fourth-order valence-electron chi connectivity index (χ4n) is 5.88. The van der Waals surface area contributed by atoms with Crippen LogP contribution < -0.4 is 4.74 Å². The van der Waals surface area contributed by atoms with Crippen molar-refractivity contribution >= 4 is 29.2 Å². The number of rotatable bonds is 6. The van der Waals surface area contributed by atoms with E-state index in [0.717, 1.165) is 17.8 Å². The highest BCUT2D eigenvalue weighted by molar-refractivity contribution is 6.42. The molecular weight excluding hydrogens is 439 g/mol. The van der Waals surface area contributed by atoms with Gasteiger partial charge in [-0.05, 0) is 98.1 Å². The lowest BCUT2D eigenvalue weighted by Gasteiger charge is -2.38. The molecule has 2 nitrogen and oxygen atoms in total. The average Bonchev–Trinajstić information content (AvgIpc) is 2.82. The standard InChI is InChI=1S/C28H34Cl2O2/c1-2-3-19-4-6-20(7-5-19)21-8-10-22(11-9-21)23-12-15-25(16-13-23)32-28(31)24-14-17-26(29)27(30)18-24/h12-22H,2-11H2,1H3/t19-,20-,21?,22?. The van der Waals surface area contributed by atoms with Crippen LogP contribution in [0, 0.1) is 17.8 Å². The summed E-state index contributed by atoms with van der Waals surface area (Å²) in [5.74, 6) is 3.65. The van der Waals surface area contributed by atoms with E-state index in [1.807, 2.05) is 12.1 Å². The van der Waals surface area contributed by atoms with Crippen LogP contribution in [0.5, 0.6) is 5.75 Å². The Morgan fingerprint density at radius 3 is 2.06 bits per heavy atom. The van der Waals surface area contributed by atoms with Crippen molar-refractivity contribution in [2.24, 2.45) is 17.8 Å². The van der Waals surface area contributed by atoms with Gasteiger partial charge in [0, 0.05) is 0 Å². The van der Waals surface area contributed by atoms with E-state index in [2.05, 4.69) is 19.1 Å². The number of benzene rings is 2. The van der Waals surface area contributed by atoms with Gasteiger partial charge in [0.2, 0.25) is 0 Å². The molecule has 0 N–H and O–H groups in total. The minimum atomic E-state index is -0.425. The van der Waals surface area contributed by atoms with Gasteiger partial charge in [0.25, 0.3) is 0 Å². The van der Waals surface area contributed by atoms with Crippen molar-refractivity contribution in [3.05, 3.63) is 63.6 Å². The maximum absolute atomic E-state index is 12.4. The molecule has 0 spiro atoms. The van der Waals surface area contributed by atoms with Gasteiger partial charge in [0.1, 0.15) is 5.75 Å². The molecule has 32 heavy (non-hydrogen) atoms. The SMILES string of the molecule is CCC[C@H]1CC[C@H](C2CCC(c3ccc(OC(=O)c4ccc(Cl)c(Cl)c4)cc3)CC2)CC1. The maximum Gasteiger partial charge on any atom is 0.343 e. The van der Waals surface area contributed by atoms with Gasteiger partial charge in [-0.2, -0.15) is 0 Å². The number of hydrogen-bond donors (Lipinski definition) is 0. The van der Waals surface area contributed by atoms with Crippen LogP contribution in [-0.2, 0) is 0 Å². The van der Waals surface area contributed by atoms with Crippen molar-refractivity contribution in [2.75, 3.05) is 0 Å². The third kappa shape index (κ3) is 5.88. The average molecular weight is 473 g/mol. The van der Waals surface area contributed by atoms with Crippen LogP contribution in [0.15, 0.2) is 42.5 Å². The van der Waals surface area contributed by atoms with E-state index in [4.69, 9.17) is 27.9 Å². The predicted octanol–water partition coefficient (Wildman–Crippen LogP) is 9.09. The molecule has 4 heteroatoms. The van der Waals surface area contributed by atoms with Gasteiger partial charge in [0.15, 0.2) is 0 Å². The lowest BCUT2D eigenvalue weighted by Crippen LogP contribution is -2.25. The molecule has 2 fully saturated rings. The molecule has 0 aromatic heterocycles. The largest absolute Gasteiger partial charge is 0.423 e. The Morgan fingerprint density at radius 1 is 0.844 bits per heavy atom. The van der Waals surface area contributed by atoms with E-state index >= 15 is 0 Å². The molecule has 2 aromatic rings. The van der Waals surface area contributed by atoms with Gasteiger partial charge in [-0.15, -0.1) is 0 Å². The topological polar surface area (TPSA) is 26.3 Å². The smallest absolute Gasteiger partial charge is 0.343 e. The number of carbonyl (C=O) groups excluding carboxylic acids is 1. The van der Waals surface area contributed by atoms with E-state index in [0.29, 0.717) is 27.3 Å². The summed E-state index contributed by atoms with van der Waals surface area (Å²) < 4.78 is 5.52. The van der Waals surface area contributed by atoms with E-state index in [-0.39, 0.29) is 0 Å². The van der Waals surface area contributed by atoms with E-state index in [1.165, 1.54) is 75.8 Å². The molecule has 0 saturated heterocycles. The molecule has 0 aliphatic heterocycles. The fourth-order valence-corrected chi connectivity index (χ4v) is 6.18. The van der Waals surface area contributed by atoms with Crippen LogP contribution in [0.4, 0.5) is 0 Å². The Kier molecular flexibility index (Phi) is 8.18. The Bertz CT molecular complexity index is 892. The van der Waals surface area contributed by atoms with Crippen LogP contribution in [-0.4, -0.2) is 5.97 Å². The Hall–Kier alpha value is -1.51. The van der Waals surface area contributed by atoms with Crippen LogP contribution in [0.1, 0.15) is 93.0 Å². The number of esters is 1. The second-order valence-electron chi connectivity index (χ2n) is 9.77. The minimum Gasteiger partial charge on any atom is -0.423 e. The Balaban J connectivity index is 1.27. The van der Waals surface area contributed by atoms with E-state index in [9.17, 15) is 4.79 Å². The summed E-state index contributed by atoms with van der Waals surface area (Å²) in [6, 6.07) is 12.8. The maximum atomic E-state index is 12.4. The zero-order chi connectivity index (χ0) is 22.5. The molecule has 2 aromatic carbocycles. The summed E-state index contributed by atoms with van der Waals surface area (Å²) in [7, 11) is 0. The van der Waals surface area contributed by atoms with Crippen LogP contribution >= 0.6 is 23.2 Å². The van der Waals surface area contributed by atoms with Crippen molar-refractivity contribution in [3.8, 4) is 5.75 Å². The zero-order valence-electron chi connectivity index (χ0n) is 19.0. The van der Waals surface area contributed by atoms with Crippen molar-refractivity contribution in [3.63, 3.8) is 0 Å². The highest BCUT2D eigenvalue weighted by atomic mass is 35.5. The first kappa shape index (κ1) is 23.6. The molecule has 2 saturated carbocycles. The summed E-state index contributed by atoms with van der Waals surface area (Å²) in [6.45, 7) is 2.32. The van der Waals surface area contributed by atoms with Crippen molar-refractivity contribution in [1.29, 1.82) is 0 Å². The van der Waals surface area contributed by atoms with Crippen LogP contribution in [0.25, 0.3) is 0 Å². The quantitative estimate of drug-likeness (QED) is 0.309. The van der Waals surface area contributed by atoms with Gasteiger partial charge in [0.05, 0.1) is 15.6 Å². The van der Waals surface area contributed by atoms with E-state index < -0.39 is 5.97 Å². The molecule has 0 amide bonds. The monoisotopic (exact) mass is 472 g/mol. The fraction of sp³-hybridized carbons (Fsp3) is 0.536. The molecule has 0 atom stereocenters. The molecule has 0 radical (unpaired) electrons. The zero-order valence-corrected chi connectivity index (χ0v) is 20.5. The molecule has 2 aliphatic rings. The summed E-state index contributed by atoms with van der Waals surface area (Å²) in [5, 5.41) is 0.771. The van der Waals surface area contributed by atoms with Gasteiger partial charge in [-0.3, -0.25) is 0 Å². The summed E-state index contributed by atoms with van der Waals surface area (Å²) >= 11 is 11.9. The highest BCUT2D eigenvalue weighted by Crippen LogP contribution is 2.44. The van der Waals surface area contributed by atoms with Gasteiger partial charge < -0.3 is 4.74 Å². The first-order valence-corrected chi connectivity index (χ1v) is 13.1. The predicted molar refractivity (Wildman–Crippen MR) is 133 cm³/mol. The molecule has 172 valence electrons. The molecule has 2 aliphatic carbocycles. The molecule has 0 heterocycles. The molecule has 0 unspecified atom stereocenters. The van der Waals surface area contributed by atoms with Gasteiger partial charge >= 0.3 is 5.97 Å². The van der Waals surface area contributed by atoms with Crippen LogP contribution in [0.3, 0.4) is 0 Å². The lowest BCUT2D eigenvalue weighted by atomic mass is 9.68. The number of carbonyl (C=O) groups is 1. The second-order valence-corrected chi connectivity index (χ2v) is 10.6. The second kappa shape index (κ2) is 11.1. The third-order valence-electron chi connectivity index (χ3n) is 7.74. The Morgan fingerprint density at radius 2 is 1.47 bits per heavy atom. The van der Waals surface area contributed by atoms with E-state index in [1.54, 1.807) is 12.1 Å². The van der Waals surface area contributed by atoms with Crippen molar-refractivity contribution in [1.82, 2.24) is 0 Å². The minimum absolute atomic E-state index is 0.348. The van der Waals surface area contributed by atoms with Crippen molar-refractivity contribution in [2.45, 2.75) is 77.0 Å². The lowest BCUT2D eigenvalue weighted by molar-refractivity contribution is 0.0734. The van der Waals surface area contributed by atoms with Gasteiger partial charge in [-0.25, -0.2) is 4.79 Å². The van der Waals surface area contributed by atoms with Gasteiger partial charge in [-0.1, -0.05) is 67.9 Å². The molecule has 0 bridgehead atoms. The Labute approximate surface area is 202 Å². The number of ether oxygens (including phenoxy) is 1. The molecular formula is C28H34Cl2O2. The first-order valence-electron chi connectivity index (χ1n) is 12.3. The summed E-state index contributed by atoms with van der Waals surface area (Å²) in [6.07, 6.45) is 13.9. The van der Waals surface area contributed by atoms with Crippen LogP contribution in [0.2, 0.25) is 10.0 Å².